The van der Waals surface area contributed by atoms with E-state index in [-0.39, 0.29) is 16.9 Å². The first-order chi connectivity index (χ1) is 13.7. The van der Waals surface area contributed by atoms with E-state index in [1.165, 1.54) is 6.26 Å². The molecule has 1 atom stereocenters. The maximum atomic E-state index is 12.0. The fourth-order valence-corrected chi connectivity index (χ4v) is 5.51. The molecule has 1 aliphatic carbocycles. The van der Waals surface area contributed by atoms with Crippen LogP contribution in [0.5, 0.6) is 0 Å². The number of oxime groups is 1. The largest absolute Gasteiger partial charge is 0.411 e. The fraction of sp³-hybridized carbons (Fsp3) is 0.435. The summed E-state index contributed by atoms with van der Waals surface area (Å²) in [6.07, 6.45) is 3.85. The van der Waals surface area contributed by atoms with Crippen LogP contribution in [0.1, 0.15) is 49.3 Å². The first kappa shape index (κ1) is 21.5. The van der Waals surface area contributed by atoms with E-state index < -0.39 is 15.3 Å². The Morgan fingerprint density at radius 2 is 1.62 bits per heavy atom. The van der Waals surface area contributed by atoms with Crippen LogP contribution in [0.25, 0.3) is 0 Å². The van der Waals surface area contributed by atoms with Crippen LogP contribution in [-0.4, -0.2) is 36.8 Å². The topological polar surface area (TPSA) is 87.0 Å². The molecule has 1 fully saturated rings. The van der Waals surface area contributed by atoms with Crippen LogP contribution < -0.4 is 0 Å². The minimum atomic E-state index is -3.31. The Balaban J connectivity index is 2.28. The van der Waals surface area contributed by atoms with Gasteiger partial charge in [0.25, 0.3) is 0 Å². The Morgan fingerprint density at radius 1 is 1.03 bits per heavy atom. The predicted octanol–water partition coefficient (Wildman–Crippen LogP) is 4.09. The molecular formula is C23H29NO4S. The quantitative estimate of drug-likeness (QED) is 0.437. The van der Waals surface area contributed by atoms with E-state index in [1.807, 2.05) is 44.2 Å². The van der Waals surface area contributed by atoms with Crippen molar-refractivity contribution in [3.8, 4) is 0 Å². The zero-order valence-corrected chi connectivity index (χ0v) is 18.0. The molecule has 156 valence electrons. The lowest BCUT2D eigenvalue weighted by atomic mass is 9.58. The summed E-state index contributed by atoms with van der Waals surface area (Å²) in [5.74, 6) is 0.118. The maximum absolute atomic E-state index is 12.0. The second-order valence-corrected chi connectivity index (χ2v) is 10.1. The predicted molar refractivity (Wildman–Crippen MR) is 114 cm³/mol. The summed E-state index contributed by atoms with van der Waals surface area (Å²) < 4.78 is 23.9. The number of rotatable bonds is 5. The van der Waals surface area contributed by atoms with Crippen molar-refractivity contribution in [2.75, 3.05) is 6.26 Å². The van der Waals surface area contributed by atoms with Crippen LogP contribution >= 0.6 is 0 Å². The van der Waals surface area contributed by atoms with Crippen molar-refractivity contribution < 1.29 is 18.7 Å². The molecule has 2 aromatic carbocycles. The molecule has 0 aliphatic heterocycles. The smallest absolute Gasteiger partial charge is 0.175 e. The highest BCUT2D eigenvalue weighted by Crippen LogP contribution is 2.48. The average molecular weight is 416 g/mol. The molecule has 0 radical (unpaired) electrons. The third kappa shape index (κ3) is 3.96. The summed E-state index contributed by atoms with van der Waals surface area (Å²) in [5.41, 5.74) is 2.89. The molecule has 3 rings (SSSR count). The van der Waals surface area contributed by atoms with Gasteiger partial charge in [0.05, 0.1) is 22.1 Å². The molecule has 2 aromatic rings. The third-order valence-corrected chi connectivity index (χ3v) is 7.47. The molecule has 6 heteroatoms. The number of aliphatic hydroxyl groups is 1. The van der Waals surface area contributed by atoms with Gasteiger partial charge < -0.3 is 10.3 Å². The van der Waals surface area contributed by atoms with E-state index in [0.717, 1.165) is 29.5 Å². The van der Waals surface area contributed by atoms with Crippen LogP contribution in [-0.2, 0) is 15.3 Å². The SMILES string of the molecule is C/C(=N\O)C(c1ccc(S(C)(=O)=O)cc1)(c1ccccc1C)C1CCC(O)CC1. The van der Waals surface area contributed by atoms with Gasteiger partial charge >= 0.3 is 0 Å². The van der Waals surface area contributed by atoms with E-state index in [2.05, 4.69) is 11.2 Å². The van der Waals surface area contributed by atoms with Crippen molar-refractivity contribution in [3.63, 3.8) is 0 Å². The van der Waals surface area contributed by atoms with Gasteiger partial charge in [-0.3, -0.25) is 0 Å². The molecule has 1 aliphatic rings. The van der Waals surface area contributed by atoms with Gasteiger partial charge in [-0.1, -0.05) is 41.6 Å². The first-order valence-electron chi connectivity index (χ1n) is 9.95. The van der Waals surface area contributed by atoms with Crippen molar-refractivity contribution in [1.82, 2.24) is 0 Å². The highest BCUT2D eigenvalue weighted by atomic mass is 32.2. The van der Waals surface area contributed by atoms with E-state index in [4.69, 9.17) is 0 Å². The molecule has 1 unspecified atom stereocenters. The molecule has 0 heterocycles. The molecule has 5 nitrogen and oxygen atoms in total. The zero-order valence-electron chi connectivity index (χ0n) is 17.2. The van der Waals surface area contributed by atoms with E-state index in [0.29, 0.717) is 18.6 Å². The number of nitrogens with zero attached hydrogens (tertiary/aromatic N) is 1. The van der Waals surface area contributed by atoms with Crippen molar-refractivity contribution in [1.29, 1.82) is 0 Å². The van der Waals surface area contributed by atoms with Crippen molar-refractivity contribution >= 4 is 15.5 Å². The Labute approximate surface area is 173 Å². The summed E-state index contributed by atoms with van der Waals surface area (Å²) in [5, 5.41) is 23.6. The summed E-state index contributed by atoms with van der Waals surface area (Å²) in [7, 11) is -3.31. The molecule has 1 saturated carbocycles. The second-order valence-electron chi connectivity index (χ2n) is 8.11. The average Bonchev–Trinajstić information content (AvgIpc) is 2.70. The number of hydrogen-bond acceptors (Lipinski definition) is 5. The maximum Gasteiger partial charge on any atom is 0.175 e. The first-order valence-corrected chi connectivity index (χ1v) is 11.8. The van der Waals surface area contributed by atoms with Crippen molar-refractivity contribution in [2.24, 2.45) is 11.1 Å². The number of aryl methyl sites for hydroxylation is 1. The van der Waals surface area contributed by atoms with Crippen molar-refractivity contribution in [2.45, 2.75) is 55.9 Å². The van der Waals surface area contributed by atoms with Gasteiger partial charge in [-0.2, -0.15) is 0 Å². The second kappa shape index (κ2) is 8.28. The van der Waals surface area contributed by atoms with Gasteiger partial charge in [0, 0.05) is 6.26 Å². The third-order valence-electron chi connectivity index (χ3n) is 6.34. The number of aliphatic hydroxyl groups excluding tert-OH is 1. The molecule has 0 saturated heterocycles. The molecule has 0 aromatic heterocycles. The van der Waals surface area contributed by atoms with Crippen LogP contribution in [0.15, 0.2) is 58.6 Å². The summed E-state index contributed by atoms with van der Waals surface area (Å²) in [6.45, 7) is 3.86. The van der Waals surface area contributed by atoms with E-state index in [9.17, 15) is 18.7 Å². The highest BCUT2D eigenvalue weighted by molar-refractivity contribution is 7.90. The fourth-order valence-electron chi connectivity index (χ4n) is 4.88. The molecule has 0 spiro atoms. The Bertz CT molecular complexity index is 990. The van der Waals surface area contributed by atoms with Gasteiger partial charge in [0.15, 0.2) is 9.84 Å². The number of benzene rings is 2. The van der Waals surface area contributed by atoms with Crippen LogP contribution in [0.2, 0.25) is 0 Å². The minimum Gasteiger partial charge on any atom is -0.411 e. The number of hydrogen-bond donors (Lipinski definition) is 2. The van der Waals surface area contributed by atoms with Crippen LogP contribution in [0.4, 0.5) is 0 Å². The Hall–Kier alpha value is -2.18. The lowest BCUT2D eigenvalue weighted by Gasteiger charge is -2.45. The standard InChI is InChI=1S/C23H29NO4S/c1-16-6-4-5-7-22(16)23(17(2)24-26,18-8-12-20(25)13-9-18)19-10-14-21(15-11-19)29(3,27)28/h4-7,10-11,14-15,18,20,25-26H,8-9,12-13H2,1-3H3/b24-17+. The lowest BCUT2D eigenvalue weighted by molar-refractivity contribution is 0.0979. The van der Waals surface area contributed by atoms with Crippen molar-refractivity contribution in [3.05, 3.63) is 65.2 Å². The lowest BCUT2D eigenvalue weighted by Crippen LogP contribution is -2.45. The summed E-state index contributed by atoms with van der Waals surface area (Å²) in [6, 6.07) is 15.0. The van der Waals surface area contributed by atoms with Crippen LogP contribution in [0, 0.1) is 12.8 Å². The van der Waals surface area contributed by atoms with E-state index >= 15 is 0 Å². The monoisotopic (exact) mass is 415 g/mol. The zero-order chi connectivity index (χ0) is 21.2. The summed E-state index contributed by atoms with van der Waals surface area (Å²) >= 11 is 0. The normalized spacial score (nSPS) is 22.8. The van der Waals surface area contributed by atoms with E-state index in [1.54, 1.807) is 12.1 Å². The molecule has 0 amide bonds. The Kier molecular flexibility index (Phi) is 6.15. The van der Waals surface area contributed by atoms with Crippen LogP contribution in [0.3, 0.4) is 0 Å². The highest BCUT2D eigenvalue weighted by Gasteiger charge is 2.47. The van der Waals surface area contributed by atoms with Gasteiger partial charge in [-0.25, -0.2) is 8.42 Å². The van der Waals surface area contributed by atoms with Gasteiger partial charge in [-0.15, -0.1) is 0 Å². The van der Waals surface area contributed by atoms with Gasteiger partial charge in [-0.05, 0) is 74.3 Å². The molecular weight excluding hydrogens is 386 g/mol. The minimum absolute atomic E-state index is 0.118. The molecule has 2 N–H and O–H groups in total. The van der Waals surface area contributed by atoms with Gasteiger partial charge in [0.1, 0.15) is 0 Å². The molecule has 0 bridgehead atoms. The Morgan fingerprint density at radius 3 is 2.14 bits per heavy atom. The number of sulfone groups is 1. The summed E-state index contributed by atoms with van der Waals surface area (Å²) in [4.78, 5) is 0.262. The molecule has 29 heavy (non-hydrogen) atoms. The van der Waals surface area contributed by atoms with Gasteiger partial charge in [0.2, 0.25) is 0 Å².